The van der Waals surface area contributed by atoms with E-state index in [2.05, 4.69) is 4.98 Å². The van der Waals surface area contributed by atoms with Gasteiger partial charge in [-0.15, -0.1) is 11.3 Å². The third-order valence-electron chi connectivity index (χ3n) is 2.59. The van der Waals surface area contributed by atoms with Crippen LogP contribution in [0.2, 0.25) is 10.0 Å². The van der Waals surface area contributed by atoms with E-state index in [4.69, 9.17) is 28.3 Å². The van der Waals surface area contributed by atoms with Gasteiger partial charge in [-0.2, -0.15) is 0 Å². The molecule has 0 bridgehead atoms. The van der Waals surface area contributed by atoms with E-state index in [9.17, 15) is 4.79 Å². The molecule has 0 unspecified atom stereocenters. The first-order chi connectivity index (χ1) is 8.95. The van der Waals surface area contributed by atoms with Gasteiger partial charge in [-0.3, -0.25) is 4.79 Å². The number of aliphatic carboxylic acids is 1. The first-order valence-corrected chi connectivity index (χ1v) is 7.14. The van der Waals surface area contributed by atoms with Crippen molar-refractivity contribution in [3.05, 3.63) is 49.4 Å². The zero-order valence-electron chi connectivity index (χ0n) is 10.1. The lowest BCUT2D eigenvalue weighted by Crippen LogP contribution is -1.99. The van der Waals surface area contributed by atoms with Gasteiger partial charge < -0.3 is 5.11 Å². The second-order valence-electron chi connectivity index (χ2n) is 4.11. The normalized spacial score (nSPS) is 10.7. The van der Waals surface area contributed by atoms with Crippen LogP contribution in [0.4, 0.5) is 0 Å². The molecule has 2 rings (SSSR count). The van der Waals surface area contributed by atoms with Crippen molar-refractivity contribution >= 4 is 40.5 Å². The minimum atomic E-state index is -0.840. The van der Waals surface area contributed by atoms with Gasteiger partial charge in [-0.25, -0.2) is 4.98 Å². The molecule has 1 aromatic carbocycles. The SMILES string of the molecule is Cc1nc(Cc2ccc(Cl)c(Cl)c2)sc1CC(=O)O. The topological polar surface area (TPSA) is 50.2 Å². The summed E-state index contributed by atoms with van der Waals surface area (Å²) in [4.78, 5) is 15.9. The highest BCUT2D eigenvalue weighted by Crippen LogP contribution is 2.26. The Bertz CT molecular complexity index is 625. The van der Waals surface area contributed by atoms with Crippen molar-refractivity contribution in [1.82, 2.24) is 4.98 Å². The van der Waals surface area contributed by atoms with E-state index >= 15 is 0 Å². The van der Waals surface area contributed by atoms with E-state index < -0.39 is 5.97 Å². The monoisotopic (exact) mass is 315 g/mol. The third kappa shape index (κ3) is 3.69. The highest BCUT2D eigenvalue weighted by atomic mass is 35.5. The van der Waals surface area contributed by atoms with Gasteiger partial charge in [0.25, 0.3) is 0 Å². The largest absolute Gasteiger partial charge is 0.481 e. The molecule has 0 aliphatic carbocycles. The molecule has 6 heteroatoms. The van der Waals surface area contributed by atoms with Crippen LogP contribution in [-0.4, -0.2) is 16.1 Å². The lowest BCUT2D eigenvalue weighted by Gasteiger charge is -2.00. The summed E-state index contributed by atoms with van der Waals surface area (Å²) in [5.41, 5.74) is 1.78. The molecular formula is C13H11Cl2NO2S. The average Bonchev–Trinajstić information content (AvgIpc) is 2.64. The molecule has 0 atom stereocenters. The maximum atomic E-state index is 10.7. The minimum absolute atomic E-state index is 0.0187. The zero-order valence-corrected chi connectivity index (χ0v) is 12.4. The van der Waals surface area contributed by atoms with Crippen LogP contribution in [0.15, 0.2) is 18.2 Å². The number of rotatable bonds is 4. The summed E-state index contributed by atoms with van der Waals surface area (Å²) in [6, 6.07) is 5.44. The zero-order chi connectivity index (χ0) is 14.0. The number of halogens is 2. The van der Waals surface area contributed by atoms with Crippen LogP contribution in [0.1, 0.15) is 21.1 Å². The molecular weight excluding hydrogens is 305 g/mol. The summed E-state index contributed by atoms with van der Waals surface area (Å²) in [6.07, 6.45) is 0.646. The van der Waals surface area contributed by atoms with E-state index in [0.717, 1.165) is 21.1 Å². The van der Waals surface area contributed by atoms with Gasteiger partial charge in [0.05, 0.1) is 27.2 Å². The highest BCUT2D eigenvalue weighted by molar-refractivity contribution is 7.11. The van der Waals surface area contributed by atoms with Crippen molar-refractivity contribution in [2.75, 3.05) is 0 Å². The Morgan fingerprint density at radius 2 is 2.11 bits per heavy atom. The fourth-order valence-electron chi connectivity index (χ4n) is 1.69. The molecule has 0 aliphatic heterocycles. The Morgan fingerprint density at radius 3 is 2.74 bits per heavy atom. The van der Waals surface area contributed by atoms with E-state index in [1.807, 2.05) is 13.0 Å². The molecule has 0 saturated heterocycles. The first-order valence-electron chi connectivity index (χ1n) is 5.56. The molecule has 0 spiro atoms. The Hall–Kier alpha value is -1.10. The molecule has 0 radical (unpaired) electrons. The second kappa shape index (κ2) is 5.90. The Labute approximate surface area is 124 Å². The van der Waals surface area contributed by atoms with Crippen LogP contribution in [-0.2, 0) is 17.6 Å². The van der Waals surface area contributed by atoms with Crippen molar-refractivity contribution in [3.8, 4) is 0 Å². The fraction of sp³-hybridized carbons (Fsp3) is 0.231. The molecule has 2 aromatic rings. The number of hydrogen-bond donors (Lipinski definition) is 1. The number of carboxylic acids is 1. The molecule has 1 aromatic heterocycles. The number of aromatic nitrogens is 1. The lowest BCUT2D eigenvalue weighted by atomic mass is 10.2. The quantitative estimate of drug-likeness (QED) is 0.928. The molecule has 1 N–H and O–H groups in total. The van der Waals surface area contributed by atoms with E-state index in [1.54, 1.807) is 12.1 Å². The summed E-state index contributed by atoms with van der Waals surface area (Å²) >= 11 is 13.2. The predicted molar refractivity (Wildman–Crippen MR) is 77.5 cm³/mol. The summed E-state index contributed by atoms with van der Waals surface area (Å²) in [7, 11) is 0. The van der Waals surface area contributed by atoms with Crippen LogP contribution < -0.4 is 0 Å². The molecule has 0 saturated carbocycles. The number of hydrogen-bond acceptors (Lipinski definition) is 3. The van der Waals surface area contributed by atoms with Crippen molar-refractivity contribution in [3.63, 3.8) is 0 Å². The molecule has 0 amide bonds. The van der Waals surface area contributed by atoms with Gasteiger partial charge in [0.1, 0.15) is 0 Å². The summed E-state index contributed by atoms with van der Waals surface area (Å²) in [5.74, 6) is -0.840. The van der Waals surface area contributed by atoms with Crippen molar-refractivity contribution in [2.45, 2.75) is 19.8 Å². The molecule has 0 fully saturated rings. The predicted octanol–water partition coefficient (Wildman–Crippen LogP) is 3.98. The number of aryl methyl sites for hydroxylation is 1. The highest BCUT2D eigenvalue weighted by Gasteiger charge is 2.11. The summed E-state index contributed by atoms with van der Waals surface area (Å²) in [5, 5.41) is 10.7. The van der Waals surface area contributed by atoms with Crippen LogP contribution in [0.3, 0.4) is 0 Å². The molecule has 100 valence electrons. The Balaban J connectivity index is 2.19. The fourth-order valence-corrected chi connectivity index (χ4v) is 3.10. The number of carbonyl (C=O) groups is 1. The Morgan fingerprint density at radius 1 is 1.37 bits per heavy atom. The number of carboxylic acid groups (broad SMARTS) is 1. The lowest BCUT2D eigenvalue weighted by molar-refractivity contribution is -0.136. The van der Waals surface area contributed by atoms with E-state index in [1.165, 1.54) is 11.3 Å². The van der Waals surface area contributed by atoms with Gasteiger partial charge in [0.2, 0.25) is 0 Å². The maximum Gasteiger partial charge on any atom is 0.308 e. The van der Waals surface area contributed by atoms with Crippen LogP contribution in [0, 0.1) is 6.92 Å². The summed E-state index contributed by atoms with van der Waals surface area (Å²) < 4.78 is 0. The average molecular weight is 316 g/mol. The van der Waals surface area contributed by atoms with Crippen molar-refractivity contribution < 1.29 is 9.90 Å². The Kier molecular flexibility index (Phi) is 4.45. The molecule has 19 heavy (non-hydrogen) atoms. The van der Waals surface area contributed by atoms with Crippen LogP contribution in [0.25, 0.3) is 0 Å². The van der Waals surface area contributed by atoms with E-state index in [0.29, 0.717) is 16.5 Å². The number of benzene rings is 1. The first kappa shape index (κ1) is 14.3. The molecule has 0 aliphatic rings. The maximum absolute atomic E-state index is 10.7. The third-order valence-corrected chi connectivity index (χ3v) is 4.48. The molecule has 3 nitrogen and oxygen atoms in total. The minimum Gasteiger partial charge on any atom is -0.481 e. The second-order valence-corrected chi connectivity index (χ2v) is 6.09. The smallest absolute Gasteiger partial charge is 0.308 e. The molecule has 1 heterocycles. The van der Waals surface area contributed by atoms with Crippen molar-refractivity contribution in [1.29, 1.82) is 0 Å². The number of thiazole rings is 1. The van der Waals surface area contributed by atoms with Gasteiger partial charge in [0.15, 0.2) is 0 Å². The summed E-state index contributed by atoms with van der Waals surface area (Å²) in [6.45, 7) is 1.83. The van der Waals surface area contributed by atoms with Gasteiger partial charge in [-0.05, 0) is 24.6 Å². The van der Waals surface area contributed by atoms with Gasteiger partial charge in [-0.1, -0.05) is 29.3 Å². The van der Waals surface area contributed by atoms with Crippen LogP contribution in [0.5, 0.6) is 0 Å². The van der Waals surface area contributed by atoms with Crippen molar-refractivity contribution in [2.24, 2.45) is 0 Å². The standard InChI is InChI=1S/C13H11Cl2NO2S/c1-7-11(6-13(17)18)19-12(16-7)5-8-2-3-9(14)10(15)4-8/h2-4H,5-6H2,1H3,(H,17,18). The van der Waals surface area contributed by atoms with E-state index in [-0.39, 0.29) is 6.42 Å². The van der Waals surface area contributed by atoms with Gasteiger partial charge in [0, 0.05) is 11.3 Å². The number of nitrogens with zero attached hydrogens (tertiary/aromatic N) is 1. The van der Waals surface area contributed by atoms with Gasteiger partial charge >= 0.3 is 5.97 Å². The van der Waals surface area contributed by atoms with Crippen LogP contribution >= 0.6 is 34.5 Å².